The zero-order valence-electron chi connectivity index (χ0n) is 10.2. The number of alkyl halides is 3. The van der Waals surface area contributed by atoms with E-state index < -0.39 is 17.3 Å². The molecular weight excluding hydrogens is 259 g/mol. The number of aromatic nitrogens is 3. The number of aromatic amines is 1. The molecule has 1 N–H and O–H groups in total. The number of nitrogens with zero attached hydrogens (tertiary/aromatic N) is 2. The van der Waals surface area contributed by atoms with Gasteiger partial charge in [0.05, 0.1) is 11.3 Å². The number of hydrogen-bond donors (Lipinski definition) is 1. The maximum Gasteiger partial charge on any atom is 0.417 e. The van der Waals surface area contributed by atoms with Crippen LogP contribution in [0.5, 0.6) is 0 Å². The van der Waals surface area contributed by atoms with E-state index in [1.165, 1.54) is 0 Å². The lowest BCUT2D eigenvalue weighted by Crippen LogP contribution is -2.17. The quantitative estimate of drug-likeness (QED) is 0.865. The van der Waals surface area contributed by atoms with Crippen molar-refractivity contribution in [2.75, 3.05) is 0 Å². The van der Waals surface area contributed by atoms with Crippen molar-refractivity contribution in [3.05, 3.63) is 45.8 Å². The number of nitrogens with one attached hydrogen (secondary N) is 1. The second-order valence-corrected chi connectivity index (χ2v) is 4.04. The maximum absolute atomic E-state index is 12.9. The molecule has 19 heavy (non-hydrogen) atoms. The van der Waals surface area contributed by atoms with E-state index in [4.69, 9.17) is 0 Å². The van der Waals surface area contributed by atoms with Crippen LogP contribution in [0.25, 0.3) is 11.3 Å². The van der Waals surface area contributed by atoms with Crippen LogP contribution < -0.4 is 5.56 Å². The molecular formula is C12H10F3N3O. The Kier molecular flexibility index (Phi) is 3.13. The minimum atomic E-state index is -4.56. The van der Waals surface area contributed by atoms with E-state index in [0.717, 1.165) is 18.5 Å². The standard InChI is InChI=1S/C12H10F3N3O/c1-6-7(2)18-11(19)10(17-6)8-5-16-4-3-9(8)12(13,14)15/h3-5H,1-2H3,(H,18,19). The molecule has 4 nitrogen and oxygen atoms in total. The zero-order valence-corrected chi connectivity index (χ0v) is 10.2. The predicted octanol–water partition coefficient (Wildman–Crippen LogP) is 2.47. The van der Waals surface area contributed by atoms with Gasteiger partial charge in [0.15, 0.2) is 0 Å². The number of H-pyrrole nitrogens is 1. The summed E-state index contributed by atoms with van der Waals surface area (Å²) in [6.07, 6.45) is -2.54. The van der Waals surface area contributed by atoms with Gasteiger partial charge < -0.3 is 4.98 Å². The molecule has 0 fully saturated rings. The molecule has 0 saturated heterocycles. The summed E-state index contributed by atoms with van der Waals surface area (Å²) in [7, 11) is 0. The molecule has 0 atom stereocenters. The number of halogens is 3. The topological polar surface area (TPSA) is 58.6 Å². The van der Waals surface area contributed by atoms with Gasteiger partial charge in [0.1, 0.15) is 5.69 Å². The fourth-order valence-electron chi connectivity index (χ4n) is 1.64. The van der Waals surface area contributed by atoms with Crippen molar-refractivity contribution in [2.45, 2.75) is 20.0 Å². The van der Waals surface area contributed by atoms with Crippen LogP contribution in [0.2, 0.25) is 0 Å². The van der Waals surface area contributed by atoms with Gasteiger partial charge >= 0.3 is 6.18 Å². The molecule has 0 saturated carbocycles. The van der Waals surface area contributed by atoms with Gasteiger partial charge in [-0.05, 0) is 19.9 Å². The third-order valence-corrected chi connectivity index (χ3v) is 2.72. The molecule has 7 heteroatoms. The molecule has 0 aliphatic carbocycles. The minimum absolute atomic E-state index is 0.275. The summed E-state index contributed by atoms with van der Waals surface area (Å²) in [5, 5.41) is 0. The SMILES string of the molecule is Cc1nc(-c2cnccc2C(F)(F)F)c(=O)[nH]c1C. The Hall–Kier alpha value is -2.18. The van der Waals surface area contributed by atoms with E-state index in [-0.39, 0.29) is 11.3 Å². The smallest absolute Gasteiger partial charge is 0.323 e. The number of rotatable bonds is 1. The van der Waals surface area contributed by atoms with Gasteiger partial charge in [-0.3, -0.25) is 9.78 Å². The molecule has 0 spiro atoms. The van der Waals surface area contributed by atoms with Gasteiger partial charge in [-0.1, -0.05) is 0 Å². The maximum atomic E-state index is 12.9. The number of aryl methyl sites for hydroxylation is 2. The van der Waals surface area contributed by atoms with Crippen LogP contribution in [0.4, 0.5) is 13.2 Å². The highest BCUT2D eigenvalue weighted by Crippen LogP contribution is 2.34. The van der Waals surface area contributed by atoms with Gasteiger partial charge in [0, 0.05) is 23.7 Å². The summed E-state index contributed by atoms with van der Waals surface area (Å²) in [5.41, 5.74) is -1.20. The lowest BCUT2D eigenvalue weighted by atomic mass is 10.1. The molecule has 2 rings (SSSR count). The Morgan fingerprint density at radius 3 is 2.58 bits per heavy atom. The molecule has 0 bridgehead atoms. The molecule has 0 aliphatic rings. The predicted molar refractivity (Wildman–Crippen MR) is 62.6 cm³/mol. The van der Waals surface area contributed by atoms with Gasteiger partial charge in [-0.25, -0.2) is 4.98 Å². The highest BCUT2D eigenvalue weighted by Gasteiger charge is 2.34. The van der Waals surface area contributed by atoms with Crippen molar-refractivity contribution < 1.29 is 13.2 Å². The minimum Gasteiger partial charge on any atom is -0.323 e. The van der Waals surface area contributed by atoms with Crippen LogP contribution in [0, 0.1) is 13.8 Å². The van der Waals surface area contributed by atoms with E-state index in [2.05, 4.69) is 15.0 Å². The highest BCUT2D eigenvalue weighted by molar-refractivity contribution is 5.62. The summed E-state index contributed by atoms with van der Waals surface area (Å²) in [5.74, 6) is 0. The van der Waals surface area contributed by atoms with Crippen LogP contribution >= 0.6 is 0 Å². The molecule has 0 aromatic carbocycles. The summed E-state index contributed by atoms with van der Waals surface area (Å²) in [4.78, 5) is 21.8. The average Bonchev–Trinajstić information content (AvgIpc) is 2.33. The van der Waals surface area contributed by atoms with Gasteiger partial charge in [-0.2, -0.15) is 13.2 Å². The van der Waals surface area contributed by atoms with Crippen molar-refractivity contribution >= 4 is 0 Å². The monoisotopic (exact) mass is 269 g/mol. The van der Waals surface area contributed by atoms with E-state index in [9.17, 15) is 18.0 Å². The Bertz CT molecular complexity index is 677. The van der Waals surface area contributed by atoms with Crippen LogP contribution in [-0.4, -0.2) is 15.0 Å². The average molecular weight is 269 g/mol. The largest absolute Gasteiger partial charge is 0.417 e. The Morgan fingerprint density at radius 1 is 1.26 bits per heavy atom. The van der Waals surface area contributed by atoms with E-state index in [1.807, 2.05) is 0 Å². The van der Waals surface area contributed by atoms with Crippen LogP contribution in [0.3, 0.4) is 0 Å². The second kappa shape index (κ2) is 4.49. The van der Waals surface area contributed by atoms with Crippen molar-refractivity contribution in [1.29, 1.82) is 0 Å². The van der Waals surface area contributed by atoms with Crippen LogP contribution in [0.15, 0.2) is 23.3 Å². The third-order valence-electron chi connectivity index (χ3n) is 2.72. The van der Waals surface area contributed by atoms with Crippen molar-refractivity contribution in [3.8, 4) is 11.3 Å². The first-order chi connectivity index (χ1) is 8.80. The van der Waals surface area contributed by atoms with Gasteiger partial charge in [0.25, 0.3) is 5.56 Å². The first-order valence-electron chi connectivity index (χ1n) is 5.40. The number of pyridine rings is 1. The van der Waals surface area contributed by atoms with E-state index in [0.29, 0.717) is 11.4 Å². The Morgan fingerprint density at radius 2 is 1.95 bits per heavy atom. The van der Waals surface area contributed by atoms with Gasteiger partial charge in [-0.15, -0.1) is 0 Å². The lowest BCUT2D eigenvalue weighted by Gasteiger charge is -2.11. The number of hydrogen-bond acceptors (Lipinski definition) is 3. The molecule has 2 aromatic heterocycles. The Labute approximate surface area is 106 Å². The molecule has 100 valence electrons. The fourth-order valence-corrected chi connectivity index (χ4v) is 1.64. The van der Waals surface area contributed by atoms with Crippen molar-refractivity contribution in [2.24, 2.45) is 0 Å². The van der Waals surface area contributed by atoms with Crippen LogP contribution in [0.1, 0.15) is 17.0 Å². The molecule has 0 amide bonds. The first kappa shape index (κ1) is 13.3. The fraction of sp³-hybridized carbons (Fsp3) is 0.250. The molecule has 0 aliphatic heterocycles. The van der Waals surface area contributed by atoms with E-state index >= 15 is 0 Å². The van der Waals surface area contributed by atoms with E-state index in [1.54, 1.807) is 13.8 Å². The van der Waals surface area contributed by atoms with Crippen LogP contribution in [-0.2, 0) is 6.18 Å². The Balaban J connectivity index is 2.74. The second-order valence-electron chi connectivity index (χ2n) is 4.04. The molecule has 0 radical (unpaired) electrons. The van der Waals surface area contributed by atoms with Gasteiger partial charge in [0.2, 0.25) is 0 Å². The summed E-state index contributed by atoms with van der Waals surface area (Å²) in [6.45, 7) is 3.24. The summed E-state index contributed by atoms with van der Waals surface area (Å²) >= 11 is 0. The third kappa shape index (κ3) is 2.49. The molecule has 2 heterocycles. The van der Waals surface area contributed by atoms with Crippen molar-refractivity contribution in [3.63, 3.8) is 0 Å². The van der Waals surface area contributed by atoms with Crippen molar-refractivity contribution in [1.82, 2.24) is 15.0 Å². The summed E-state index contributed by atoms with van der Waals surface area (Å²) < 4.78 is 38.6. The lowest BCUT2D eigenvalue weighted by molar-refractivity contribution is -0.137. The highest BCUT2D eigenvalue weighted by atomic mass is 19.4. The first-order valence-corrected chi connectivity index (χ1v) is 5.40. The normalized spacial score (nSPS) is 11.6. The molecule has 2 aromatic rings. The summed E-state index contributed by atoms with van der Waals surface area (Å²) in [6, 6.07) is 0.825. The zero-order chi connectivity index (χ0) is 14.2. The molecule has 0 unspecified atom stereocenters.